The minimum atomic E-state index is -0.335. The number of carbonyl (C=O) groups is 1. The van der Waals surface area contributed by atoms with Crippen LogP contribution in [0.1, 0.15) is 12.5 Å². The molecule has 1 amide bonds. The van der Waals surface area contributed by atoms with Crippen molar-refractivity contribution in [1.82, 2.24) is 4.90 Å². The molecule has 1 atom stereocenters. The highest BCUT2D eigenvalue weighted by Crippen LogP contribution is 2.03. The van der Waals surface area contributed by atoms with Gasteiger partial charge >= 0.3 is 6.09 Å². The van der Waals surface area contributed by atoms with Crippen LogP contribution in [0.3, 0.4) is 0 Å². The van der Waals surface area contributed by atoms with Crippen LogP contribution in [0.2, 0.25) is 0 Å². The summed E-state index contributed by atoms with van der Waals surface area (Å²) in [4.78, 5) is 13.1. The normalized spacial score (nSPS) is 11.9. The number of likely N-dealkylation sites (N-methyl/N-ethyl adjacent to an activating group) is 1. The van der Waals surface area contributed by atoms with Gasteiger partial charge in [0, 0.05) is 20.7 Å². The molecule has 17 heavy (non-hydrogen) atoms. The molecule has 0 aliphatic rings. The van der Waals surface area contributed by atoms with Crippen LogP contribution in [0.15, 0.2) is 30.3 Å². The maximum Gasteiger partial charge on any atom is 0.409 e. The first-order valence-corrected chi connectivity index (χ1v) is 5.58. The van der Waals surface area contributed by atoms with Crippen molar-refractivity contribution in [2.24, 2.45) is 0 Å². The van der Waals surface area contributed by atoms with Gasteiger partial charge in [0.2, 0.25) is 0 Å². The third-order valence-electron chi connectivity index (χ3n) is 2.45. The third-order valence-corrected chi connectivity index (χ3v) is 2.45. The van der Waals surface area contributed by atoms with E-state index in [4.69, 9.17) is 9.47 Å². The zero-order valence-electron chi connectivity index (χ0n) is 10.6. The van der Waals surface area contributed by atoms with Crippen LogP contribution < -0.4 is 0 Å². The molecule has 4 nitrogen and oxygen atoms in total. The summed E-state index contributed by atoms with van der Waals surface area (Å²) in [6, 6.07) is 9.60. The molecule has 0 N–H and O–H groups in total. The van der Waals surface area contributed by atoms with E-state index in [2.05, 4.69) is 0 Å². The second-order valence-corrected chi connectivity index (χ2v) is 3.97. The number of amides is 1. The Hall–Kier alpha value is -1.55. The predicted molar refractivity (Wildman–Crippen MR) is 65.7 cm³/mol. The van der Waals surface area contributed by atoms with Crippen molar-refractivity contribution in [3.63, 3.8) is 0 Å². The van der Waals surface area contributed by atoms with Gasteiger partial charge in [-0.3, -0.25) is 0 Å². The SMILES string of the molecule is COC(C)CN(C)C(=O)OCc1ccccc1. The molecule has 0 saturated heterocycles. The van der Waals surface area contributed by atoms with Crippen molar-refractivity contribution in [2.45, 2.75) is 19.6 Å². The second-order valence-electron chi connectivity index (χ2n) is 3.97. The zero-order chi connectivity index (χ0) is 12.7. The fourth-order valence-corrected chi connectivity index (χ4v) is 1.36. The summed E-state index contributed by atoms with van der Waals surface area (Å²) in [5, 5.41) is 0. The second kappa shape index (κ2) is 6.91. The van der Waals surface area contributed by atoms with E-state index in [1.54, 1.807) is 14.2 Å². The van der Waals surface area contributed by atoms with Gasteiger partial charge in [0.1, 0.15) is 6.61 Å². The Morgan fingerprint density at radius 2 is 2.00 bits per heavy atom. The molecule has 1 aromatic carbocycles. The minimum Gasteiger partial charge on any atom is -0.445 e. The molecule has 94 valence electrons. The van der Waals surface area contributed by atoms with E-state index in [1.165, 1.54) is 4.90 Å². The molecular weight excluding hydrogens is 218 g/mol. The van der Waals surface area contributed by atoms with Crippen molar-refractivity contribution in [3.05, 3.63) is 35.9 Å². The van der Waals surface area contributed by atoms with Gasteiger partial charge < -0.3 is 14.4 Å². The van der Waals surface area contributed by atoms with E-state index in [0.717, 1.165) is 5.56 Å². The monoisotopic (exact) mass is 237 g/mol. The lowest BCUT2D eigenvalue weighted by molar-refractivity contribution is 0.0637. The van der Waals surface area contributed by atoms with E-state index in [0.29, 0.717) is 13.2 Å². The Bertz CT molecular complexity index is 340. The van der Waals surface area contributed by atoms with Crippen LogP contribution in [0.5, 0.6) is 0 Å². The van der Waals surface area contributed by atoms with Crippen LogP contribution in [-0.4, -0.2) is 37.8 Å². The van der Waals surface area contributed by atoms with Crippen molar-refractivity contribution in [2.75, 3.05) is 20.7 Å². The summed E-state index contributed by atoms with van der Waals surface area (Å²) >= 11 is 0. The summed E-state index contributed by atoms with van der Waals surface area (Å²) in [5.41, 5.74) is 0.981. The average Bonchev–Trinajstić information content (AvgIpc) is 2.36. The molecule has 0 aliphatic carbocycles. The first-order chi connectivity index (χ1) is 8.13. The number of carbonyl (C=O) groups excluding carboxylic acids is 1. The largest absolute Gasteiger partial charge is 0.445 e. The molecule has 1 rings (SSSR count). The fraction of sp³-hybridized carbons (Fsp3) is 0.462. The number of hydrogen-bond acceptors (Lipinski definition) is 3. The molecule has 0 saturated carbocycles. The quantitative estimate of drug-likeness (QED) is 0.788. The lowest BCUT2D eigenvalue weighted by Gasteiger charge is -2.20. The van der Waals surface area contributed by atoms with Gasteiger partial charge in [-0.1, -0.05) is 30.3 Å². The first kappa shape index (κ1) is 13.5. The van der Waals surface area contributed by atoms with E-state index in [1.807, 2.05) is 37.3 Å². The highest BCUT2D eigenvalue weighted by Gasteiger charge is 2.12. The maximum absolute atomic E-state index is 11.6. The third kappa shape index (κ3) is 4.87. The van der Waals surface area contributed by atoms with Crippen LogP contribution in [0.4, 0.5) is 4.79 Å². The molecule has 0 bridgehead atoms. The lowest BCUT2D eigenvalue weighted by atomic mass is 10.2. The topological polar surface area (TPSA) is 38.8 Å². The summed E-state index contributed by atoms with van der Waals surface area (Å²) in [6.07, 6.45) is -0.331. The minimum absolute atomic E-state index is 0.00396. The van der Waals surface area contributed by atoms with E-state index in [-0.39, 0.29) is 12.2 Å². The van der Waals surface area contributed by atoms with Crippen molar-refractivity contribution < 1.29 is 14.3 Å². The van der Waals surface area contributed by atoms with Gasteiger partial charge in [-0.05, 0) is 12.5 Å². The Labute approximate surface area is 102 Å². The smallest absolute Gasteiger partial charge is 0.409 e. The molecule has 0 heterocycles. The van der Waals surface area contributed by atoms with E-state index < -0.39 is 0 Å². The number of hydrogen-bond donors (Lipinski definition) is 0. The van der Waals surface area contributed by atoms with E-state index >= 15 is 0 Å². The number of methoxy groups -OCH3 is 1. The van der Waals surface area contributed by atoms with Gasteiger partial charge in [0.25, 0.3) is 0 Å². The maximum atomic E-state index is 11.6. The summed E-state index contributed by atoms with van der Waals surface area (Å²) in [6.45, 7) is 2.72. The van der Waals surface area contributed by atoms with Gasteiger partial charge in [-0.25, -0.2) is 4.79 Å². The Morgan fingerprint density at radius 1 is 1.35 bits per heavy atom. The molecule has 1 unspecified atom stereocenters. The fourth-order valence-electron chi connectivity index (χ4n) is 1.36. The molecular formula is C13H19NO3. The average molecular weight is 237 g/mol. The number of rotatable bonds is 5. The van der Waals surface area contributed by atoms with E-state index in [9.17, 15) is 4.79 Å². The summed E-state index contributed by atoms with van der Waals surface area (Å²) < 4.78 is 10.3. The van der Waals surface area contributed by atoms with Crippen LogP contribution in [0.25, 0.3) is 0 Å². The molecule has 0 aromatic heterocycles. The van der Waals surface area contributed by atoms with Crippen LogP contribution in [-0.2, 0) is 16.1 Å². The van der Waals surface area contributed by atoms with Gasteiger partial charge in [0.05, 0.1) is 6.10 Å². The lowest BCUT2D eigenvalue weighted by Crippen LogP contribution is -2.34. The van der Waals surface area contributed by atoms with Gasteiger partial charge in [-0.2, -0.15) is 0 Å². The van der Waals surface area contributed by atoms with Crippen LogP contribution >= 0.6 is 0 Å². The van der Waals surface area contributed by atoms with Crippen molar-refractivity contribution in [3.8, 4) is 0 Å². The van der Waals surface area contributed by atoms with Crippen LogP contribution in [0, 0.1) is 0 Å². The predicted octanol–water partition coefficient (Wildman–Crippen LogP) is 2.29. The van der Waals surface area contributed by atoms with Gasteiger partial charge in [-0.15, -0.1) is 0 Å². The number of benzene rings is 1. The number of ether oxygens (including phenoxy) is 2. The highest BCUT2D eigenvalue weighted by atomic mass is 16.6. The Balaban J connectivity index is 2.34. The first-order valence-electron chi connectivity index (χ1n) is 5.58. The van der Waals surface area contributed by atoms with Crippen molar-refractivity contribution in [1.29, 1.82) is 0 Å². The molecule has 1 aromatic rings. The molecule has 4 heteroatoms. The zero-order valence-corrected chi connectivity index (χ0v) is 10.6. The molecule has 0 radical (unpaired) electrons. The Morgan fingerprint density at radius 3 is 2.59 bits per heavy atom. The van der Waals surface area contributed by atoms with Gasteiger partial charge in [0.15, 0.2) is 0 Å². The Kier molecular flexibility index (Phi) is 5.49. The standard InChI is InChI=1S/C13H19NO3/c1-11(16-3)9-14(2)13(15)17-10-12-7-5-4-6-8-12/h4-8,11H,9-10H2,1-3H3. The molecule has 0 fully saturated rings. The summed E-state index contributed by atoms with van der Waals surface area (Å²) in [7, 11) is 3.32. The number of nitrogens with zero attached hydrogens (tertiary/aromatic N) is 1. The van der Waals surface area contributed by atoms with Crippen molar-refractivity contribution >= 4 is 6.09 Å². The highest BCUT2D eigenvalue weighted by molar-refractivity contribution is 5.67. The summed E-state index contributed by atoms with van der Waals surface area (Å²) in [5.74, 6) is 0. The molecule has 0 spiro atoms. The molecule has 0 aliphatic heterocycles.